The van der Waals surface area contributed by atoms with Crippen LogP contribution in [0, 0.1) is 0 Å². The summed E-state index contributed by atoms with van der Waals surface area (Å²) < 4.78 is 6.79. The van der Waals surface area contributed by atoms with E-state index in [0.717, 1.165) is 34.5 Å². The van der Waals surface area contributed by atoms with Crippen LogP contribution in [0.1, 0.15) is 29.3 Å². The first-order valence-electron chi connectivity index (χ1n) is 8.89. The molecule has 0 spiro atoms. The lowest BCUT2D eigenvalue weighted by Crippen LogP contribution is -2.39. The smallest absolute Gasteiger partial charge is 0.320 e. The molecule has 2 unspecified atom stereocenters. The summed E-state index contributed by atoms with van der Waals surface area (Å²) in [5.41, 5.74) is 0.907. The van der Waals surface area contributed by atoms with Crippen molar-refractivity contribution in [3.8, 4) is 5.75 Å². The first-order chi connectivity index (χ1) is 13.1. The zero-order valence-corrected chi connectivity index (χ0v) is 16.5. The van der Waals surface area contributed by atoms with E-state index in [1.807, 2.05) is 24.3 Å². The Balaban J connectivity index is 1.90. The molecule has 0 radical (unpaired) electrons. The number of hydrogen-bond donors (Lipinski definition) is 1. The van der Waals surface area contributed by atoms with Crippen molar-refractivity contribution in [3.63, 3.8) is 0 Å². The van der Waals surface area contributed by atoms with Crippen LogP contribution < -0.4 is 4.74 Å². The number of fused-ring (bicyclic) bond motifs is 1. The number of hydrogen-bond acceptors (Lipinski definition) is 4. The molecule has 3 aromatic rings. The Morgan fingerprint density at radius 3 is 2.85 bits per heavy atom. The van der Waals surface area contributed by atoms with Crippen LogP contribution in [0.2, 0.25) is 5.02 Å². The molecule has 0 bridgehead atoms. The van der Waals surface area contributed by atoms with Crippen molar-refractivity contribution >= 4 is 39.0 Å². The minimum Gasteiger partial charge on any atom is -0.496 e. The number of carboxylic acids is 1. The van der Waals surface area contributed by atoms with Crippen LogP contribution in [0.25, 0.3) is 10.1 Å². The Kier molecular flexibility index (Phi) is 5.08. The third-order valence-electron chi connectivity index (χ3n) is 5.11. The van der Waals surface area contributed by atoms with Gasteiger partial charge in [-0.15, -0.1) is 11.3 Å². The van der Waals surface area contributed by atoms with Crippen molar-refractivity contribution in [2.24, 2.45) is 0 Å². The molecular weight excluding hydrogens is 382 g/mol. The molecule has 4 nitrogen and oxygen atoms in total. The maximum atomic E-state index is 11.9. The van der Waals surface area contributed by atoms with Crippen molar-refractivity contribution in [2.45, 2.75) is 24.9 Å². The van der Waals surface area contributed by atoms with Crippen molar-refractivity contribution in [1.82, 2.24) is 4.90 Å². The molecule has 6 heteroatoms. The largest absolute Gasteiger partial charge is 0.496 e. The summed E-state index contributed by atoms with van der Waals surface area (Å²) in [5, 5.41) is 11.5. The summed E-state index contributed by atoms with van der Waals surface area (Å²) in [5.74, 6) is -0.0579. The third-order valence-corrected chi connectivity index (χ3v) is 6.51. The average Bonchev–Trinajstić information content (AvgIpc) is 3.29. The SMILES string of the molecule is COc1ccc(Cl)cc1C(c1cc2ccccc2s1)N1CCCC1C(=O)O. The summed E-state index contributed by atoms with van der Waals surface area (Å²) in [4.78, 5) is 15.0. The summed E-state index contributed by atoms with van der Waals surface area (Å²) in [6, 6.07) is 15.2. The van der Waals surface area contributed by atoms with Gasteiger partial charge in [-0.05, 0) is 48.6 Å². The van der Waals surface area contributed by atoms with Crippen molar-refractivity contribution < 1.29 is 14.6 Å². The quantitative estimate of drug-likeness (QED) is 0.638. The second-order valence-corrected chi connectivity index (χ2v) is 8.26. The highest BCUT2D eigenvalue weighted by Gasteiger charge is 2.38. The van der Waals surface area contributed by atoms with Gasteiger partial charge in [0.05, 0.1) is 13.2 Å². The highest BCUT2D eigenvalue weighted by Crippen LogP contribution is 2.43. The fourth-order valence-corrected chi connectivity index (χ4v) is 5.30. The molecule has 2 aromatic carbocycles. The van der Waals surface area contributed by atoms with E-state index in [4.69, 9.17) is 16.3 Å². The molecule has 4 rings (SSSR count). The van der Waals surface area contributed by atoms with Gasteiger partial charge >= 0.3 is 5.97 Å². The van der Waals surface area contributed by atoms with Gasteiger partial charge in [0.1, 0.15) is 11.8 Å². The van der Waals surface area contributed by atoms with Gasteiger partial charge in [0, 0.05) is 26.7 Å². The summed E-state index contributed by atoms with van der Waals surface area (Å²) >= 11 is 8.00. The van der Waals surface area contributed by atoms with Crippen molar-refractivity contribution in [1.29, 1.82) is 0 Å². The van der Waals surface area contributed by atoms with Crippen molar-refractivity contribution in [3.05, 3.63) is 64.0 Å². The van der Waals surface area contributed by atoms with E-state index in [0.29, 0.717) is 11.4 Å². The maximum absolute atomic E-state index is 11.9. The Bertz CT molecular complexity index is 953. The van der Waals surface area contributed by atoms with E-state index >= 15 is 0 Å². The fourth-order valence-electron chi connectivity index (χ4n) is 3.91. The van der Waals surface area contributed by atoms with Crippen LogP contribution in [0.3, 0.4) is 0 Å². The first-order valence-corrected chi connectivity index (χ1v) is 10.1. The molecule has 1 N–H and O–H groups in total. The van der Waals surface area contributed by atoms with Crippen LogP contribution in [0.5, 0.6) is 5.75 Å². The van der Waals surface area contributed by atoms with E-state index in [9.17, 15) is 9.90 Å². The number of ether oxygens (including phenoxy) is 1. The van der Waals surface area contributed by atoms with Crippen LogP contribution in [-0.4, -0.2) is 35.7 Å². The minimum absolute atomic E-state index is 0.209. The third kappa shape index (κ3) is 3.43. The van der Waals surface area contributed by atoms with Crippen molar-refractivity contribution in [2.75, 3.05) is 13.7 Å². The number of halogens is 1. The molecule has 1 aromatic heterocycles. The molecule has 1 fully saturated rings. The molecule has 1 aliphatic heterocycles. The number of rotatable bonds is 5. The van der Waals surface area contributed by atoms with E-state index in [1.165, 1.54) is 4.70 Å². The number of methoxy groups -OCH3 is 1. The van der Waals surface area contributed by atoms with Gasteiger partial charge in [-0.2, -0.15) is 0 Å². The lowest BCUT2D eigenvalue weighted by molar-refractivity contribution is -0.142. The minimum atomic E-state index is -0.778. The second-order valence-electron chi connectivity index (χ2n) is 6.71. The number of benzene rings is 2. The van der Waals surface area contributed by atoms with Gasteiger partial charge in [-0.3, -0.25) is 9.69 Å². The molecule has 1 saturated heterocycles. The number of aliphatic carboxylic acids is 1. The zero-order chi connectivity index (χ0) is 19.0. The highest BCUT2D eigenvalue weighted by atomic mass is 35.5. The Morgan fingerprint density at radius 1 is 1.30 bits per heavy atom. The molecule has 27 heavy (non-hydrogen) atoms. The summed E-state index contributed by atoms with van der Waals surface area (Å²) in [7, 11) is 1.63. The molecule has 1 aliphatic rings. The molecule has 2 atom stereocenters. The summed E-state index contributed by atoms with van der Waals surface area (Å²) in [6.45, 7) is 0.728. The molecule has 0 amide bonds. The average molecular weight is 402 g/mol. The Labute approximate surface area is 166 Å². The number of likely N-dealkylation sites (tertiary alicyclic amines) is 1. The van der Waals surface area contributed by atoms with E-state index in [-0.39, 0.29) is 6.04 Å². The topological polar surface area (TPSA) is 49.8 Å². The summed E-state index contributed by atoms with van der Waals surface area (Å²) in [6.07, 6.45) is 1.51. The van der Waals surface area contributed by atoms with Crippen LogP contribution in [0.4, 0.5) is 0 Å². The number of thiophene rings is 1. The van der Waals surface area contributed by atoms with Crippen LogP contribution >= 0.6 is 22.9 Å². The molecule has 0 saturated carbocycles. The molecular formula is C21H20ClNO3S. The zero-order valence-electron chi connectivity index (χ0n) is 14.9. The van der Waals surface area contributed by atoms with Crippen LogP contribution in [-0.2, 0) is 4.79 Å². The van der Waals surface area contributed by atoms with E-state index in [2.05, 4.69) is 23.1 Å². The second kappa shape index (κ2) is 7.50. The van der Waals surface area contributed by atoms with Crippen LogP contribution in [0.15, 0.2) is 48.5 Å². The number of carbonyl (C=O) groups is 1. The number of nitrogens with zero attached hydrogens (tertiary/aromatic N) is 1. The Hall–Kier alpha value is -2.08. The van der Waals surface area contributed by atoms with Gasteiger partial charge in [-0.25, -0.2) is 0 Å². The van der Waals surface area contributed by atoms with E-state index < -0.39 is 12.0 Å². The highest BCUT2D eigenvalue weighted by molar-refractivity contribution is 7.19. The van der Waals surface area contributed by atoms with Gasteiger partial charge < -0.3 is 9.84 Å². The molecule has 140 valence electrons. The van der Waals surface area contributed by atoms with E-state index in [1.54, 1.807) is 24.5 Å². The Morgan fingerprint density at radius 2 is 2.11 bits per heavy atom. The monoisotopic (exact) mass is 401 g/mol. The van der Waals surface area contributed by atoms with Gasteiger partial charge in [0.2, 0.25) is 0 Å². The maximum Gasteiger partial charge on any atom is 0.320 e. The predicted molar refractivity (Wildman–Crippen MR) is 109 cm³/mol. The lowest BCUT2D eigenvalue weighted by Gasteiger charge is -2.31. The normalized spacial score (nSPS) is 18.7. The fraction of sp³-hybridized carbons (Fsp3) is 0.286. The first kappa shape index (κ1) is 18.3. The lowest BCUT2D eigenvalue weighted by atomic mass is 10.0. The van der Waals surface area contributed by atoms with Gasteiger partial charge in [0.25, 0.3) is 0 Å². The predicted octanol–water partition coefficient (Wildman–Crippen LogP) is 5.20. The van der Waals surface area contributed by atoms with Gasteiger partial charge in [0.15, 0.2) is 0 Å². The standard InChI is InChI=1S/C21H20ClNO3S/c1-26-17-9-8-14(22)12-15(17)20(23-10-4-6-16(23)21(24)25)19-11-13-5-2-3-7-18(13)27-19/h2-3,5,7-9,11-12,16,20H,4,6,10H2,1H3,(H,24,25). The number of carboxylic acid groups (broad SMARTS) is 1. The van der Waals surface area contributed by atoms with Gasteiger partial charge in [-0.1, -0.05) is 29.8 Å². The molecule has 0 aliphatic carbocycles. The molecule has 2 heterocycles.